The van der Waals surface area contributed by atoms with E-state index in [1.165, 1.54) is 0 Å². The first-order valence-corrected chi connectivity index (χ1v) is 6.57. The van der Waals surface area contributed by atoms with Gasteiger partial charge in [0.2, 0.25) is 0 Å². The van der Waals surface area contributed by atoms with E-state index in [0.29, 0.717) is 6.54 Å². The first-order chi connectivity index (χ1) is 9.10. The van der Waals surface area contributed by atoms with E-state index in [-0.39, 0.29) is 12.1 Å². The topological polar surface area (TPSA) is 54.6 Å². The molecule has 0 bridgehead atoms. The lowest BCUT2D eigenvalue weighted by molar-refractivity contribution is 0.170. The number of furan rings is 1. The van der Waals surface area contributed by atoms with Crippen LogP contribution >= 0.6 is 0 Å². The molecule has 0 amide bonds. The number of ether oxygens (including phenoxy) is 1. The number of fused-ring (bicyclic) bond motifs is 1. The Balaban J connectivity index is 2.05. The van der Waals surface area contributed by atoms with Gasteiger partial charge in [-0.3, -0.25) is 0 Å². The van der Waals surface area contributed by atoms with Gasteiger partial charge in [0.05, 0.1) is 19.8 Å². The van der Waals surface area contributed by atoms with Crippen LogP contribution in [0.5, 0.6) is 5.75 Å². The molecule has 2 N–H and O–H groups in total. The normalized spacial score (nSPS) is 14.5. The molecule has 0 aliphatic carbocycles. The minimum absolute atomic E-state index is 0.245. The van der Waals surface area contributed by atoms with E-state index in [4.69, 9.17) is 9.15 Å². The number of benzene rings is 1. The molecule has 1 aromatic heterocycles. The number of methoxy groups -OCH3 is 1. The van der Waals surface area contributed by atoms with Gasteiger partial charge in [0, 0.05) is 11.4 Å². The second-order valence-electron chi connectivity index (χ2n) is 4.96. The van der Waals surface area contributed by atoms with Gasteiger partial charge in [-0.15, -0.1) is 0 Å². The third-order valence-corrected chi connectivity index (χ3v) is 3.10. The molecule has 0 spiro atoms. The second kappa shape index (κ2) is 6.08. The van der Waals surface area contributed by atoms with E-state index in [9.17, 15) is 5.11 Å². The van der Waals surface area contributed by atoms with Gasteiger partial charge >= 0.3 is 0 Å². The lowest BCUT2D eigenvalue weighted by Gasteiger charge is -2.14. The minimum atomic E-state index is -0.293. The third kappa shape index (κ3) is 3.49. The molecule has 2 aromatic rings. The average molecular weight is 263 g/mol. The summed E-state index contributed by atoms with van der Waals surface area (Å²) < 4.78 is 11.1. The highest BCUT2D eigenvalue weighted by atomic mass is 16.5. The third-order valence-electron chi connectivity index (χ3n) is 3.10. The van der Waals surface area contributed by atoms with Crippen LogP contribution in [0.25, 0.3) is 11.0 Å². The van der Waals surface area contributed by atoms with Gasteiger partial charge in [-0.05, 0) is 32.4 Å². The number of para-hydroxylation sites is 1. The molecule has 0 aliphatic rings. The molecule has 0 aliphatic heterocycles. The Morgan fingerprint density at radius 1 is 1.37 bits per heavy atom. The molecule has 1 heterocycles. The van der Waals surface area contributed by atoms with Crippen LogP contribution in [0.2, 0.25) is 0 Å². The number of aliphatic hydroxyl groups is 1. The fourth-order valence-corrected chi connectivity index (χ4v) is 2.21. The van der Waals surface area contributed by atoms with Crippen LogP contribution in [-0.2, 0) is 6.54 Å². The van der Waals surface area contributed by atoms with Crippen LogP contribution in [0.4, 0.5) is 0 Å². The zero-order valence-corrected chi connectivity index (χ0v) is 11.6. The summed E-state index contributed by atoms with van der Waals surface area (Å²) in [5.41, 5.74) is 0.782. The maximum atomic E-state index is 9.32. The molecule has 0 saturated carbocycles. The van der Waals surface area contributed by atoms with Crippen molar-refractivity contribution in [3.8, 4) is 5.75 Å². The smallest absolute Gasteiger partial charge is 0.176 e. The van der Waals surface area contributed by atoms with Crippen molar-refractivity contribution in [2.45, 2.75) is 39.0 Å². The molecule has 2 rings (SSSR count). The van der Waals surface area contributed by atoms with Crippen molar-refractivity contribution < 1.29 is 14.3 Å². The number of rotatable bonds is 6. The average Bonchev–Trinajstić information content (AvgIpc) is 2.78. The van der Waals surface area contributed by atoms with Crippen molar-refractivity contribution >= 4 is 11.0 Å². The van der Waals surface area contributed by atoms with Crippen LogP contribution in [0, 0.1) is 0 Å². The molecular formula is C15H21NO3. The summed E-state index contributed by atoms with van der Waals surface area (Å²) in [6, 6.07) is 8.10. The fourth-order valence-electron chi connectivity index (χ4n) is 2.21. The molecule has 104 valence electrons. The van der Waals surface area contributed by atoms with Gasteiger partial charge in [-0.1, -0.05) is 12.1 Å². The monoisotopic (exact) mass is 263 g/mol. The van der Waals surface area contributed by atoms with Crippen molar-refractivity contribution in [1.29, 1.82) is 0 Å². The van der Waals surface area contributed by atoms with Gasteiger partial charge in [0.15, 0.2) is 11.3 Å². The highest BCUT2D eigenvalue weighted by Gasteiger charge is 2.10. The van der Waals surface area contributed by atoms with E-state index >= 15 is 0 Å². The molecule has 2 unspecified atom stereocenters. The lowest BCUT2D eigenvalue weighted by Crippen LogP contribution is -2.28. The van der Waals surface area contributed by atoms with E-state index in [2.05, 4.69) is 12.2 Å². The second-order valence-corrected chi connectivity index (χ2v) is 4.96. The summed E-state index contributed by atoms with van der Waals surface area (Å²) >= 11 is 0. The predicted molar refractivity (Wildman–Crippen MR) is 75.4 cm³/mol. The largest absolute Gasteiger partial charge is 0.493 e. The molecule has 0 fully saturated rings. The van der Waals surface area contributed by atoms with Crippen molar-refractivity contribution in [2.24, 2.45) is 0 Å². The Morgan fingerprint density at radius 3 is 2.84 bits per heavy atom. The summed E-state index contributed by atoms with van der Waals surface area (Å²) in [6.45, 7) is 4.49. The fraction of sp³-hybridized carbons (Fsp3) is 0.467. The molecule has 4 nitrogen and oxygen atoms in total. The van der Waals surface area contributed by atoms with Crippen molar-refractivity contribution in [3.05, 3.63) is 30.0 Å². The Morgan fingerprint density at radius 2 is 2.16 bits per heavy atom. The SMILES string of the molecule is COc1cccc2cc(CNC(C)CC(C)O)oc12. The van der Waals surface area contributed by atoms with Crippen LogP contribution in [0.15, 0.2) is 28.7 Å². The Bertz CT molecular complexity index is 533. The number of hydrogen-bond acceptors (Lipinski definition) is 4. The quantitative estimate of drug-likeness (QED) is 0.841. The van der Waals surface area contributed by atoms with Gasteiger partial charge in [-0.2, -0.15) is 0 Å². The van der Waals surface area contributed by atoms with Crippen LogP contribution in [0.1, 0.15) is 26.0 Å². The summed E-state index contributed by atoms with van der Waals surface area (Å²) in [4.78, 5) is 0. The van der Waals surface area contributed by atoms with E-state index in [1.807, 2.05) is 24.3 Å². The summed E-state index contributed by atoms with van der Waals surface area (Å²) in [5, 5.41) is 13.7. The van der Waals surface area contributed by atoms with Gasteiger partial charge in [0.1, 0.15) is 5.76 Å². The van der Waals surface area contributed by atoms with Crippen LogP contribution in [0.3, 0.4) is 0 Å². The molecule has 0 saturated heterocycles. The van der Waals surface area contributed by atoms with E-state index in [0.717, 1.165) is 28.9 Å². The van der Waals surface area contributed by atoms with Crippen LogP contribution in [-0.4, -0.2) is 24.4 Å². The van der Waals surface area contributed by atoms with Crippen molar-refractivity contribution in [2.75, 3.05) is 7.11 Å². The Kier molecular flexibility index (Phi) is 4.45. The highest BCUT2D eigenvalue weighted by molar-refractivity contribution is 5.83. The number of nitrogens with one attached hydrogen (secondary N) is 1. The van der Waals surface area contributed by atoms with Gasteiger partial charge in [0.25, 0.3) is 0 Å². The zero-order chi connectivity index (χ0) is 13.8. The van der Waals surface area contributed by atoms with E-state index < -0.39 is 0 Å². The van der Waals surface area contributed by atoms with Crippen molar-refractivity contribution in [3.63, 3.8) is 0 Å². The minimum Gasteiger partial charge on any atom is -0.493 e. The molecule has 19 heavy (non-hydrogen) atoms. The van der Waals surface area contributed by atoms with Crippen molar-refractivity contribution in [1.82, 2.24) is 5.32 Å². The number of hydrogen-bond donors (Lipinski definition) is 2. The molecular weight excluding hydrogens is 242 g/mol. The van der Waals surface area contributed by atoms with Crippen LogP contribution < -0.4 is 10.1 Å². The summed E-state index contributed by atoms with van der Waals surface area (Å²) in [7, 11) is 1.64. The summed E-state index contributed by atoms with van der Waals surface area (Å²) in [5.74, 6) is 1.62. The molecule has 1 aromatic carbocycles. The lowest BCUT2D eigenvalue weighted by atomic mass is 10.1. The first-order valence-electron chi connectivity index (χ1n) is 6.57. The zero-order valence-electron chi connectivity index (χ0n) is 11.6. The Labute approximate surface area is 113 Å². The maximum absolute atomic E-state index is 9.32. The molecule has 2 atom stereocenters. The van der Waals surface area contributed by atoms with E-state index in [1.54, 1.807) is 14.0 Å². The Hall–Kier alpha value is -1.52. The highest BCUT2D eigenvalue weighted by Crippen LogP contribution is 2.28. The predicted octanol–water partition coefficient (Wildman–Crippen LogP) is 2.69. The maximum Gasteiger partial charge on any atom is 0.176 e. The molecule has 4 heteroatoms. The summed E-state index contributed by atoms with van der Waals surface area (Å²) in [6.07, 6.45) is 0.432. The molecule has 0 radical (unpaired) electrons. The standard InChI is InChI=1S/C15H21NO3/c1-10(7-11(2)17)16-9-13-8-12-5-4-6-14(18-3)15(12)19-13/h4-6,8,10-11,16-17H,7,9H2,1-3H3. The number of aliphatic hydroxyl groups excluding tert-OH is 1. The van der Waals surface area contributed by atoms with Gasteiger partial charge in [-0.25, -0.2) is 0 Å². The first kappa shape index (κ1) is 13.9. The van der Waals surface area contributed by atoms with Gasteiger partial charge < -0.3 is 19.6 Å².